The first-order valence-electron chi connectivity index (χ1n) is 3.73. The van der Waals surface area contributed by atoms with E-state index in [0.29, 0.717) is 24.5 Å². The van der Waals surface area contributed by atoms with Gasteiger partial charge in [0.15, 0.2) is 0 Å². The van der Waals surface area contributed by atoms with Crippen molar-refractivity contribution in [3.05, 3.63) is 0 Å². The van der Waals surface area contributed by atoms with Crippen molar-refractivity contribution in [1.82, 2.24) is 0 Å². The summed E-state index contributed by atoms with van der Waals surface area (Å²) >= 11 is 0. The Kier molecular flexibility index (Phi) is 1.82. The normalized spacial score (nSPS) is 23.0. The highest BCUT2D eigenvalue weighted by Gasteiger charge is 2.45. The van der Waals surface area contributed by atoms with Crippen molar-refractivity contribution in [2.75, 3.05) is 6.61 Å². The first kappa shape index (κ1) is 7.73. The lowest BCUT2D eigenvalue weighted by Gasteiger charge is -2.42. The Morgan fingerprint density at radius 3 is 2.20 bits per heavy atom. The summed E-state index contributed by atoms with van der Waals surface area (Å²) in [6, 6.07) is 0. The Labute approximate surface area is 61.2 Å². The lowest BCUT2D eigenvalue weighted by molar-refractivity contribution is -0.139. The zero-order valence-corrected chi connectivity index (χ0v) is 6.55. The van der Waals surface area contributed by atoms with Gasteiger partial charge in [-0.15, -0.1) is 0 Å². The van der Waals surface area contributed by atoms with Gasteiger partial charge in [0.2, 0.25) is 0 Å². The van der Waals surface area contributed by atoms with E-state index in [-0.39, 0.29) is 12.0 Å². The van der Waals surface area contributed by atoms with Crippen LogP contribution in [-0.2, 0) is 4.79 Å². The van der Waals surface area contributed by atoms with E-state index < -0.39 is 0 Å². The fourth-order valence-electron chi connectivity index (χ4n) is 1.44. The maximum Gasteiger partial charge on any atom is 0.134 e. The first-order valence-corrected chi connectivity index (χ1v) is 3.73. The molecule has 1 saturated carbocycles. The Morgan fingerprint density at radius 1 is 1.60 bits per heavy atom. The molecule has 0 radical (unpaired) electrons. The van der Waals surface area contributed by atoms with Crippen LogP contribution in [0.25, 0.3) is 0 Å². The molecular weight excluding hydrogens is 128 g/mol. The number of aliphatic hydroxyl groups excluding tert-OH is 1. The number of hydrogen-bond donors (Lipinski definition) is 1. The van der Waals surface area contributed by atoms with Gasteiger partial charge in [0.25, 0.3) is 0 Å². The predicted molar refractivity (Wildman–Crippen MR) is 38.6 cm³/mol. The lowest BCUT2D eigenvalue weighted by atomic mass is 9.62. The van der Waals surface area contributed by atoms with Crippen LogP contribution in [0.5, 0.6) is 0 Å². The van der Waals surface area contributed by atoms with Gasteiger partial charge in [-0.1, -0.05) is 13.8 Å². The fraction of sp³-hybridized carbons (Fsp3) is 0.875. The third-order valence-corrected chi connectivity index (χ3v) is 2.64. The summed E-state index contributed by atoms with van der Waals surface area (Å²) in [5.41, 5.74) is -0.0584. The van der Waals surface area contributed by atoms with Crippen molar-refractivity contribution in [2.24, 2.45) is 11.3 Å². The van der Waals surface area contributed by atoms with E-state index in [4.69, 9.17) is 5.11 Å². The molecule has 0 spiro atoms. The minimum atomic E-state index is -0.0584. The Morgan fingerprint density at radius 2 is 2.10 bits per heavy atom. The second-order valence-electron chi connectivity index (χ2n) is 3.57. The number of aliphatic hydroxyl groups is 1. The van der Waals surface area contributed by atoms with Crippen LogP contribution in [0.4, 0.5) is 0 Å². The first-order chi connectivity index (χ1) is 4.60. The predicted octanol–water partition coefficient (Wildman–Crippen LogP) is 0.984. The van der Waals surface area contributed by atoms with Crippen LogP contribution in [-0.4, -0.2) is 17.5 Å². The van der Waals surface area contributed by atoms with Crippen LogP contribution in [0, 0.1) is 11.3 Å². The van der Waals surface area contributed by atoms with Crippen LogP contribution in [0.15, 0.2) is 0 Å². The van der Waals surface area contributed by atoms with E-state index in [2.05, 4.69) is 13.8 Å². The molecule has 1 aliphatic rings. The van der Waals surface area contributed by atoms with Crippen LogP contribution < -0.4 is 0 Å². The summed E-state index contributed by atoms with van der Waals surface area (Å²) in [6.07, 6.45) is 1.17. The third-order valence-electron chi connectivity index (χ3n) is 2.64. The summed E-state index contributed by atoms with van der Waals surface area (Å²) in [5.74, 6) is 0.720. The Hall–Kier alpha value is -0.370. The monoisotopic (exact) mass is 142 g/mol. The maximum atomic E-state index is 10.7. The molecule has 0 saturated heterocycles. The van der Waals surface area contributed by atoms with Gasteiger partial charge in [-0.3, -0.25) is 4.79 Å². The number of carbonyl (C=O) groups excluding carboxylic acids is 1. The van der Waals surface area contributed by atoms with Gasteiger partial charge in [-0.05, 0) is 5.92 Å². The van der Waals surface area contributed by atoms with Gasteiger partial charge in [0.1, 0.15) is 5.78 Å². The van der Waals surface area contributed by atoms with Gasteiger partial charge in [-0.2, -0.15) is 0 Å². The van der Waals surface area contributed by atoms with E-state index in [0.717, 1.165) is 0 Å². The highest BCUT2D eigenvalue weighted by Crippen LogP contribution is 2.43. The van der Waals surface area contributed by atoms with Gasteiger partial charge >= 0.3 is 0 Å². The van der Waals surface area contributed by atoms with Crippen molar-refractivity contribution < 1.29 is 9.90 Å². The topological polar surface area (TPSA) is 37.3 Å². The summed E-state index contributed by atoms with van der Waals surface area (Å²) in [4.78, 5) is 10.7. The standard InChI is InChI=1S/C8H14O2/c1-6(2)8(5-9)3-7(10)4-8/h6,9H,3-5H2,1-2H3. The highest BCUT2D eigenvalue weighted by atomic mass is 16.3. The molecule has 0 bridgehead atoms. The molecule has 1 aliphatic carbocycles. The molecule has 0 unspecified atom stereocenters. The zero-order valence-electron chi connectivity index (χ0n) is 6.55. The Bertz CT molecular complexity index is 141. The van der Waals surface area contributed by atoms with Crippen molar-refractivity contribution in [3.8, 4) is 0 Å². The summed E-state index contributed by atoms with van der Waals surface area (Å²) in [7, 11) is 0. The largest absolute Gasteiger partial charge is 0.396 e. The second-order valence-corrected chi connectivity index (χ2v) is 3.57. The molecular formula is C8H14O2. The molecule has 0 aromatic carbocycles. The van der Waals surface area contributed by atoms with E-state index in [9.17, 15) is 4.79 Å². The second kappa shape index (κ2) is 2.35. The summed E-state index contributed by atoms with van der Waals surface area (Å²) < 4.78 is 0. The van der Waals surface area contributed by atoms with E-state index >= 15 is 0 Å². The molecule has 58 valence electrons. The maximum absolute atomic E-state index is 10.7. The van der Waals surface area contributed by atoms with E-state index in [1.807, 2.05) is 0 Å². The highest BCUT2D eigenvalue weighted by molar-refractivity contribution is 5.86. The van der Waals surface area contributed by atoms with Crippen molar-refractivity contribution in [1.29, 1.82) is 0 Å². The SMILES string of the molecule is CC(C)C1(CO)CC(=O)C1. The molecule has 0 aliphatic heterocycles. The zero-order chi connectivity index (χ0) is 7.78. The van der Waals surface area contributed by atoms with Crippen molar-refractivity contribution >= 4 is 5.78 Å². The Balaban J connectivity index is 2.56. The van der Waals surface area contributed by atoms with Gasteiger partial charge in [0, 0.05) is 24.9 Å². The third kappa shape index (κ3) is 0.966. The van der Waals surface area contributed by atoms with E-state index in [1.54, 1.807) is 0 Å². The van der Waals surface area contributed by atoms with Gasteiger partial charge < -0.3 is 5.11 Å². The lowest BCUT2D eigenvalue weighted by Crippen LogP contribution is -2.44. The molecule has 0 atom stereocenters. The molecule has 1 fully saturated rings. The molecule has 1 rings (SSSR count). The van der Waals surface area contributed by atoms with Crippen LogP contribution in [0.1, 0.15) is 26.7 Å². The number of carbonyl (C=O) groups is 1. The molecule has 10 heavy (non-hydrogen) atoms. The van der Waals surface area contributed by atoms with Gasteiger partial charge in [-0.25, -0.2) is 0 Å². The summed E-state index contributed by atoms with van der Waals surface area (Å²) in [5, 5.41) is 8.97. The van der Waals surface area contributed by atoms with Crippen LogP contribution in [0.3, 0.4) is 0 Å². The number of Topliss-reactive ketones (excluding diaryl/α,β-unsaturated/α-hetero) is 1. The molecule has 2 nitrogen and oxygen atoms in total. The quantitative estimate of drug-likeness (QED) is 0.624. The fourth-order valence-corrected chi connectivity index (χ4v) is 1.44. The van der Waals surface area contributed by atoms with Crippen LogP contribution in [0.2, 0.25) is 0 Å². The smallest absolute Gasteiger partial charge is 0.134 e. The van der Waals surface area contributed by atoms with Crippen LogP contribution >= 0.6 is 0 Å². The molecule has 2 heteroatoms. The number of hydrogen-bond acceptors (Lipinski definition) is 2. The minimum absolute atomic E-state index is 0.0584. The van der Waals surface area contributed by atoms with Gasteiger partial charge in [0.05, 0.1) is 0 Å². The van der Waals surface area contributed by atoms with E-state index in [1.165, 1.54) is 0 Å². The van der Waals surface area contributed by atoms with Crippen molar-refractivity contribution in [3.63, 3.8) is 0 Å². The average Bonchev–Trinajstić information content (AvgIpc) is 1.79. The molecule has 1 N–H and O–H groups in total. The number of rotatable bonds is 2. The molecule has 0 aromatic heterocycles. The van der Waals surface area contributed by atoms with Crippen molar-refractivity contribution in [2.45, 2.75) is 26.7 Å². The molecule has 0 aromatic rings. The number of ketones is 1. The average molecular weight is 142 g/mol. The molecule has 0 heterocycles. The molecule has 0 amide bonds. The minimum Gasteiger partial charge on any atom is -0.396 e. The summed E-state index contributed by atoms with van der Waals surface area (Å²) in [6.45, 7) is 4.28.